The van der Waals surface area contributed by atoms with Gasteiger partial charge in [0.2, 0.25) is 5.91 Å². The van der Waals surface area contributed by atoms with Crippen LogP contribution in [0.3, 0.4) is 0 Å². The van der Waals surface area contributed by atoms with Crippen LogP contribution in [0.1, 0.15) is 26.3 Å². The summed E-state index contributed by atoms with van der Waals surface area (Å²) in [7, 11) is 1.60. The van der Waals surface area contributed by atoms with Crippen molar-refractivity contribution in [3.8, 4) is 0 Å². The number of thioether (sulfide) groups is 1. The summed E-state index contributed by atoms with van der Waals surface area (Å²) in [6, 6.07) is 7.08. The molecule has 0 radical (unpaired) electrons. The number of para-hydroxylation sites is 1. The van der Waals surface area contributed by atoms with Crippen LogP contribution in [0.25, 0.3) is 10.9 Å². The monoisotopic (exact) mass is 349 g/mol. The maximum Gasteiger partial charge on any atom is 0.262 e. The molecular formula is C17H23N3O3S. The molecule has 1 N–H and O–H groups in total. The lowest BCUT2D eigenvalue weighted by Gasteiger charge is -2.18. The van der Waals surface area contributed by atoms with Crippen LogP contribution in [-0.4, -0.2) is 41.5 Å². The van der Waals surface area contributed by atoms with Gasteiger partial charge in [0, 0.05) is 13.7 Å². The predicted octanol–water partition coefficient (Wildman–Crippen LogP) is 2.22. The fourth-order valence-electron chi connectivity index (χ4n) is 2.38. The number of nitrogens with zero attached hydrogens (tertiary/aromatic N) is 2. The molecule has 2 aromatic rings. The second kappa shape index (κ2) is 8.84. The first-order valence-corrected chi connectivity index (χ1v) is 8.96. The molecule has 1 amide bonds. The van der Waals surface area contributed by atoms with E-state index >= 15 is 0 Å². The van der Waals surface area contributed by atoms with Crippen molar-refractivity contribution < 1.29 is 9.53 Å². The number of carbonyl (C=O) groups is 1. The molecule has 0 aliphatic rings. The molecule has 0 aliphatic heterocycles. The standard InChI is InChI=1S/C17H23N3O3S/c1-4-9-18-15(21)11-24-17-19-14-8-6-5-7-13(14)16(22)20(17)12(2)10-23-3/h5-8,12H,4,9-11H2,1-3H3,(H,18,21). The Morgan fingerprint density at radius 2 is 2.17 bits per heavy atom. The largest absolute Gasteiger partial charge is 0.383 e. The van der Waals surface area contributed by atoms with Gasteiger partial charge in [0.15, 0.2) is 5.16 Å². The number of hydrogen-bond donors (Lipinski definition) is 1. The second-order valence-electron chi connectivity index (χ2n) is 5.53. The summed E-state index contributed by atoms with van der Waals surface area (Å²) < 4.78 is 6.80. The molecule has 0 saturated heterocycles. The molecule has 1 atom stereocenters. The normalized spacial score (nSPS) is 12.3. The maximum atomic E-state index is 12.8. The second-order valence-corrected chi connectivity index (χ2v) is 6.47. The van der Waals surface area contributed by atoms with Gasteiger partial charge in [-0.1, -0.05) is 30.8 Å². The van der Waals surface area contributed by atoms with Crippen molar-refractivity contribution in [3.63, 3.8) is 0 Å². The highest BCUT2D eigenvalue weighted by Crippen LogP contribution is 2.21. The van der Waals surface area contributed by atoms with E-state index in [-0.39, 0.29) is 23.3 Å². The zero-order valence-corrected chi connectivity index (χ0v) is 15.1. The van der Waals surface area contributed by atoms with Gasteiger partial charge >= 0.3 is 0 Å². The lowest BCUT2D eigenvalue weighted by Crippen LogP contribution is -2.30. The molecule has 0 fully saturated rings. The smallest absolute Gasteiger partial charge is 0.262 e. The third-order valence-corrected chi connectivity index (χ3v) is 4.48. The molecule has 130 valence electrons. The number of benzene rings is 1. The van der Waals surface area contributed by atoms with Gasteiger partial charge in [-0.05, 0) is 25.5 Å². The number of methoxy groups -OCH3 is 1. The molecule has 1 aromatic carbocycles. The van der Waals surface area contributed by atoms with E-state index in [0.717, 1.165) is 6.42 Å². The summed E-state index contributed by atoms with van der Waals surface area (Å²) in [5, 5.41) is 3.94. The number of fused-ring (bicyclic) bond motifs is 1. The Hall–Kier alpha value is -1.86. The van der Waals surface area contributed by atoms with Crippen molar-refractivity contribution in [1.29, 1.82) is 0 Å². The molecule has 0 aliphatic carbocycles. The minimum Gasteiger partial charge on any atom is -0.383 e. The van der Waals surface area contributed by atoms with Crippen molar-refractivity contribution in [2.75, 3.05) is 26.0 Å². The van der Waals surface area contributed by atoms with E-state index in [2.05, 4.69) is 10.3 Å². The van der Waals surface area contributed by atoms with Crippen LogP contribution in [0.15, 0.2) is 34.2 Å². The van der Waals surface area contributed by atoms with Crippen LogP contribution in [0.5, 0.6) is 0 Å². The summed E-state index contributed by atoms with van der Waals surface area (Å²) >= 11 is 1.27. The van der Waals surface area contributed by atoms with E-state index in [1.165, 1.54) is 11.8 Å². The molecule has 1 heterocycles. The van der Waals surface area contributed by atoms with Gasteiger partial charge in [0.05, 0.1) is 29.3 Å². The van der Waals surface area contributed by atoms with Crippen molar-refractivity contribution in [1.82, 2.24) is 14.9 Å². The van der Waals surface area contributed by atoms with Crippen LogP contribution >= 0.6 is 11.8 Å². The topological polar surface area (TPSA) is 73.2 Å². The average molecular weight is 349 g/mol. The zero-order chi connectivity index (χ0) is 17.5. The summed E-state index contributed by atoms with van der Waals surface area (Å²) in [6.07, 6.45) is 0.889. The molecule has 1 unspecified atom stereocenters. The molecule has 7 heteroatoms. The first-order valence-electron chi connectivity index (χ1n) is 7.98. The van der Waals surface area contributed by atoms with Gasteiger partial charge < -0.3 is 10.1 Å². The van der Waals surface area contributed by atoms with Gasteiger partial charge in [-0.25, -0.2) is 4.98 Å². The highest BCUT2D eigenvalue weighted by molar-refractivity contribution is 7.99. The number of aromatic nitrogens is 2. The summed E-state index contributed by atoms with van der Waals surface area (Å²) in [5.41, 5.74) is 0.529. The molecule has 0 bridgehead atoms. The minimum absolute atomic E-state index is 0.0600. The fourth-order valence-corrected chi connectivity index (χ4v) is 3.30. The van der Waals surface area contributed by atoms with E-state index in [4.69, 9.17) is 4.74 Å². The van der Waals surface area contributed by atoms with Crippen LogP contribution in [0.4, 0.5) is 0 Å². The Balaban J connectivity index is 2.37. The van der Waals surface area contributed by atoms with Crippen molar-refractivity contribution in [2.24, 2.45) is 0 Å². The first kappa shape index (κ1) is 18.5. The van der Waals surface area contributed by atoms with Crippen LogP contribution < -0.4 is 10.9 Å². The van der Waals surface area contributed by atoms with Crippen LogP contribution in [0.2, 0.25) is 0 Å². The lowest BCUT2D eigenvalue weighted by molar-refractivity contribution is -0.118. The molecule has 0 spiro atoms. The molecular weight excluding hydrogens is 326 g/mol. The summed E-state index contributed by atoms with van der Waals surface area (Å²) in [6.45, 7) is 4.96. The predicted molar refractivity (Wildman–Crippen MR) is 96.6 cm³/mol. The molecule has 24 heavy (non-hydrogen) atoms. The number of carbonyl (C=O) groups excluding carboxylic acids is 1. The van der Waals surface area contributed by atoms with E-state index in [1.807, 2.05) is 32.0 Å². The number of nitrogens with one attached hydrogen (secondary N) is 1. The quantitative estimate of drug-likeness (QED) is 0.584. The van der Waals surface area contributed by atoms with E-state index in [1.54, 1.807) is 17.7 Å². The summed E-state index contributed by atoms with van der Waals surface area (Å²) in [4.78, 5) is 29.3. The van der Waals surface area contributed by atoms with E-state index in [0.29, 0.717) is 29.2 Å². The van der Waals surface area contributed by atoms with Crippen molar-refractivity contribution in [2.45, 2.75) is 31.5 Å². The number of hydrogen-bond acceptors (Lipinski definition) is 5. The minimum atomic E-state index is -0.166. The number of amides is 1. The lowest BCUT2D eigenvalue weighted by atomic mass is 10.2. The van der Waals surface area contributed by atoms with Gasteiger partial charge in [0.1, 0.15) is 0 Å². The number of ether oxygens (including phenoxy) is 1. The molecule has 0 saturated carbocycles. The van der Waals surface area contributed by atoms with Crippen molar-refractivity contribution >= 4 is 28.6 Å². The maximum absolute atomic E-state index is 12.8. The van der Waals surface area contributed by atoms with Crippen molar-refractivity contribution in [3.05, 3.63) is 34.6 Å². The highest BCUT2D eigenvalue weighted by Gasteiger charge is 2.17. The zero-order valence-electron chi connectivity index (χ0n) is 14.2. The van der Waals surface area contributed by atoms with E-state index in [9.17, 15) is 9.59 Å². The third kappa shape index (κ3) is 4.36. The van der Waals surface area contributed by atoms with E-state index < -0.39 is 0 Å². The Morgan fingerprint density at radius 1 is 1.42 bits per heavy atom. The SMILES string of the molecule is CCCNC(=O)CSc1nc2ccccc2c(=O)n1C(C)COC. The average Bonchev–Trinajstić information content (AvgIpc) is 2.58. The van der Waals surface area contributed by atoms with Gasteiger partial charge in [0.25, 0.3) is 5.56 Å². The Kier molecular flexibility index (Phi) is 6.81. The van der Waals surface area contributed by atoms with Gasteiger partial charge in [-0.15, -0.1) is 0 Å². The molecule has 6 nitrogen and oxygen atoms in total. The van der Waals surface area contributed by atoms with Crippen LogP contribution in [-0.2, 0) is 9.53 Å². The van der Waals surface area contributed by atoms with Gasteiger partial charge in [-0.3, -0.25) is 14.2 Å². The molecule has 1 aromatic heterocycles. The van der Waals surface area contributed by atoms with Gasteiger partial charge in [-0.2, -0.15) is 0 Å². The summed E-state index contributed by atoms with van der Waals surface area (Å²) in [5.74, 6) is 0.167. The Bertz CT molecular complexity index is 760. The Labute approximate surface area is 145 Å². The first-order chi connectivity index (χ1) is 11.6. The Morgan fingerprint density at radius 3 is 2.88 bits per heavy atom. The van der Waals surface area contributed by atoms with Crippen LogP contribution in [0, 0.1) is 0 Å². The third-order valence-electron chi connectivity index (χ3n) is 3.53. The molecule has 2 rings (SSSR count). The fraction of sp³-hybridized carbons (Fsp3) is 0.471. The number of rotatable bonds is 8. The highest BCUT2D eigenvalue weighted by atomic mass is 32.2.